The van der Waals surface area contributed by atoms with Gasteiger partial charge in [-0.1, -0.05) is 24.3 Å². The first kappa shape index (κ1) is 8.11. The SMILES string of the molecule is O=C1c2ccccc2C(=O)c2[nH]cnc21.[HH]. The van der Waals surface area contributed by atoms with Crippen LogP contribution in [-0.2, 0) is 0 Å². The minimum absolute atomic E-state index is 0. The lowest BCUT2D eigenvalue weighted by Gasteiger charge is -2.11. The van der Waals surface area contributed by atoms with Gasteiger partial charge < -0.3 is 4.98 Å². The Morgan fingerprint density at radius 2 is 1.73 bits per heavy atom. The summed E-state index contributed by atoms with van der Waals surface area (Å²) in [6.07, 6.45) is 1.37. The van der Waals surface area contributed by atoms with E-state index >= 15 is 0 Å². The van der Waals surface area contributed by atoms with E-state index in [-0.39, 0.29) is 18.7 Å². The van der Waals surface area contributed by atoms with Crippen molar-refractivity contribution in [3.63, 3.8) is 0 Å². The molecule has 1 heterocycles. The van der Waals surface area contributed by atoms with Gasteiger partial charge in [-0.15, -0.1) is 0 Å². The van der Waals surface area contributed by atoms with Gasteiger partial charge in [-0.3, -0.25) is 9.59 Å². The molecule has 1 aliphatic carbocycles. The first-order chi connectivity index (χ1) is 7.29. The zero-order chi connectivity index (χ0) is 10.4. The fourth-order valence-electron chi connectivity index (χ4n) is 1.78. The fraction of sp³-hybridized carbons (Fsp3) is 0. The molecular formula is C11H8N2O2. The Hall–Kier alpha value is -2.23. The van der Waals surface area contributed by atoms with Crippen LogP contribution in [0.15, 0.2) is 30.6 Å². The van der Waals surface area contributed by atoms with E-state index in [2.05, 4.69) is 9.97 Å². The maximum atomic E-state index is 11.9. The number of H-pyrrole nitrogens is 1. The molecule has 1 aliphatic rings. The molecule has 3 rings (SSSR count). The number of imidazole rings is 1. The van der Waals surface area contributed by atoms with Crippen molar-refractivity contribution in [1.29, 1.82) is 0 Å². The molecule has 0 saturated carbocycles. The van der Waals surface area contributed by atoms with Crippen LogP contribution in [0.25, 0.3) is 0 Å². The van der Waals surface area contributed by atoms with E-state index in [1.54, 1.807) is 24.3 Å². The maximum absolute atomic E-state index is 11.9. The Bertz CT molecular complexity index is 540. The van der Waals surface area contributed by atoms with Crippen molar-refractivity contribution < 1.29 is 11.0 Å². The first-order valence-corrected chi connectivity index (χ1v) is 4.51. The number of hydrogen-bond acceptors (Lipinski definition) is 3. The van der Waals surface area contributed by atoms with Gasteiger partial charge in [0.15, 0.2) is 0 Å². The molecule has 0 aliphatic heterocycles. The lowest BCUT2D eigenvalue weighted by atomic mass is 9.90. The highest BCUT2D eigenvalue weighted by Crippen LogP contribution is 2.24. The highest BCUT2D eigenvalue weighted by Gasteiger charge is 2.31. The van der Waals surface area contributed by atoms with Crippen LogP contribution in [0.3, 0.4) is 0 Å². The summed E-state index contributed by atoms with van der Waals surface area (Å²) in [4.78, 5) is 30.3. The molecule has 15 heavy (non-hydrogen) atoms. The molecular weight excluding hydrogens is 192 g/mol. The van der Waals surface area contributed by atoms with Crippen molar-refractivity contribution in [2.24, 2.45) is 0 Å². The molecule has 0 spiro atoms. The third-order valence-corrected chi connectivity index (χ3v) is 2.50. The molecule has 2 aromatic rings. The zero-order valence-corrected chi connectivity index (χ0v) is 7.65. The Kier molecular flexibility index (Phi) is 1.42. The van der Waals surface area contributed by atoms with Gasteiger partial charge >= 0.3 is 0 Å². The van der Waals surface area contributed by atoms with Crippen LogP contribution >= 0.6 is 0 Å². The third-order valence-electron chi connectivity index (χ3n) is 2.50. The number of carbonyl (C=O) groups excluding carboxylic acids is 2. The molecule has 1 aromatic carbocycles. The third kappa shape index (κ3) is 0.929. The van der Waals surface area contributed by atoms with Crippen LogP contribution in [-0.4, -0.2) is 21.5 Å². The second-order valence-corrected chi connectivity index (χ2v) is 3.33. The molecule has 1 aromatic heterocycles. The van der Waals surface area contributed by atoms with Gasteiger partial charge in [0.2, 0.25) is 11.6 Å². The Labute approximate surface area is 86.4 Å². The van der Waals surface area contributed by atoms with E-state index in [1.807, 2.05) is 0 Å². The number of rotatable bonds is 0. The van der Waals surface area contributed by atoms with Crippen molar-refractivity contribution in [1.82, 2.24) is 9.97 Å². The highest BCUT2D eigenvalue weighted by molar-refractivity contribution is 6.26. The monoisotopic (exact) mass is 200 g/mol. The zero-order valence-electron chi connectivity index (χ0n) is 7.65. The molecule has 0 fully saturated rings. The standard InChI is InChI=1S/C11H6N2O2.H2/c14-10-6-3-1-2-4-7(6)11(15)9-8(10)12-5-13-9;/h1-5H,(H,12,13);1H. The Morgan fingerprint density at radius 1 is 1.07 bits per heavy atom. The van der Waals surface area contributed by atoms with E-state index < -0.39 is 0 Å². The van der Waals surface area contributed by atoms with Crippen molar-refractivity contribution in [2.45, 2.75) is 0 Å². The average Bonchev–Trinajstić information content (AvgIpc) is 2.75. The fourth-order valence-corrected chi connectivity index (χ4v) is 1.78. The summed E-state index contributed by atoms with van der Waals surface area (Å²) in [6.45, 7) is 0. The summed E-state index contributed by atoms with van der Waals surface area (Å²) in [6, 6.07) is 6.78. The lowest BCUT2D eigenvalue weighted by molar-refractivity contribution is 0.0974. The quantitative estimate of drug-likeness (QED) is 0.597. The maximum Gasteiger partial charge on any atom is 0.214 e. The molecule has 0 unspecified atom stereocenters. The van der Waals surface area contributed by atoms with Gasteiger partial charge in [-0.2, -0.15) is 0 Å². The van der Waals surface area contributed by atoms with Crippen molar-refractivity contribution in [3.8, 4) is 0 Å². The second kappa shape index (κ2) is 2.63. The number of hydrogen-bond donors (Lipinski definition) is 1. The van der Waals surface area contributed by atoms with Gasteiger partial charge in [0.05, 0.1) is 6.33 Å². The van der Waals surface area contributed by atoms with Crippen LogP contribution in [0.4, 0.5) is 0 Å². The second-order valence-electron chi connectivity index (χ2n) is 3.33. The first-order valence-electron chi connectivity index (χ1n) is 4.51. The molecule has 74 valence electrons. The van der Waals surface area contributed by atoms with Gasteiger partial charge in [0.25, 0.3) is 0 Å². The van der Waals surface area contributed by atoms with Crippen LogP contribution in [0.1, 0.15) is 33.5 Å². The topological polar surface area (TPSA) is 62.8 Å². The van der Waals surface area contributed by atoms with E-state index in [4.69, 9.17) is 0 Å². The number of ketones is 2. The number of carbonyl (C=O) groups is 2. The number of nitrogens with one attached hydrogen (secondary N) is 1. The van der Waals surface area contributed by atoms with E-state index in [0.717, 1.165) is 0 Å². The molecule has 4 heteroatoms. The summed E-state index contributed by atoms with van der Waals surface area (Å²) in [5.74, 6) is -0.362. The molecule has 0 radical (unpaired) electrons. The van der Waals surface area contributed by atoms with Crippen molar-refractivity contribution in [3.05, 3.63) is 53.1 Å². The summed E-state index contributed by atoms with van der Waals surface area (Å²) in [7, 11) is 0. The van der Waals surface area contributed by atoms with Gasteiger partial charge in [0.1, 0.15) is 11.4 Å². The van der Waals surface area contributed by atoms with Crippen molar-refractivity contribution in [2.75, 3.05) is 0 Å². The molecule has 0 saturated heterocycles. The molecule has 0 atom stereocenters. The van der Waals surface area contributed by atoms with E-state index in [9.17, 15) is 9.59 Å². The molecule has 4 nitrogen and oxygen atoms in total. The number of fused-ring (bicyclic) bond motifs is 2. The van der Waals surface area contributed by atoms with E-state index in [0.29, 0.717) is 16.8 Å². The number of benzene rings is 1. The van der Waals surface area contributed by atoms with Crippen LogP contribution in [0, 0.1) is 0 Å². The van der Waals surface area contributed by atoms with Gasteiger partial charge in [-0.25, -0.2) is 4.98 Å². The normalized spacial score (nSPS) is 13.6. The minimum atomic E-state index is -0.193. The van der Waals surface area contributed by atoms with Gasteiger partial charge in [0, 0.05) is 12.6 Å². The number of nitrogens with zero attached hydrogens (tertiary/aromatic N) is 1. The van der Waals surface area contributed by atoms with Crippen LogP contribution < -0.4 is 0 Å². The number of aromatic nitrogens is 2. The Morgan fingerprint density at radius 3 is 2.47 bits per heavy atom. The summed E-state index contributed by atoms with van der Waals surface area (Å²) < 4.78 is 0. The number of aromatic amines is 1. The van der Waals surface area contributed by atoms with Crippen LogP contribution in [0.2, 0.25) is 0 Å². The predicted octanol–water partition coefficient (Wildman–Crippen LogP) is 1.43. The molecule has 0 amide bonds. The predicted molar refractivity (Wildman–Crippen MR) is 54.0 cm³/mol. The molecule has 0 bridgehead atoms. The average molecular weight is 200 g/mol. The van der Waals surface area contributed by atoms with Gasteiger partial charge in [-0.05, 0) is 0 Å². The highest BCUT2D eigenvalue weighted by atomic mass is 16.1. The van der Waals surface area contributed by atoms with Crippen LogP contribution in [0.5, 0.6) is 0 Å². The summed E-state index contributed by atoms with van der Waals surface area (Å²) in [5.41, 5.74) is 1.39. The molecule has 1 N–H and O–H groups in total. The summed E-state index contributed by atoms with van der Waals surface area (Å²) in [5, 5.41) is 0. The minimum Gasteiger partial charge on any atom is -0.341 e. The summed E-state index contributed by atoms with van der Waals surface area (Å²) >= 11 is 0. The van der Waals surface area contributed by atoms with E-state index in [1.165, 1.54) is 6.33 Å². The smallest absolute Gasteiger partial charge is 0.214 e. The lowest BCUT2D eigenvalue weighted by Crippen LogP contribution is -2.20. The Balaban J connectivity index is 0.000000963. The van der Waals surface area contributed by atoms with Crippen molar-refractivity contribution >= 4 is 11.6 Å². The largest absolute Gasteiger partial charge is 0.341 e.